The van der Waals surface area contributed by atoms with E-state index in [1.165, 1.54) is 0 Å². The summed E-state index contributed by atoms with van der Waals surface area (Å²) >= 11 is 0. The second-order valence-electron chi connectivity index (χ2n) is 6.52. The van der Waals surface area contributed by atoms with E-state index in [4.69, 9.17) is 14.5 Å². The summed E-state index contributed by atoms with van der Waals surface area (Å²) in [5, 5.41) is 0. The maximum atomic E-state index is 12.3. The van der Waals surface area contributed by atoms with Gasteiger partial charge in [-0.1, -0.05) is 0 Å². The summed E-state index contributed by atoms with van der Waals surface area (Å²) < 4.78 is 10.8. The third-order valence-corrected chi connectivity index (χ3v) is 4.62. The van der Waals surface area contributed by atoms with Gasteiger partial charge in [-0.15, -0.1) is 0 Å². The van der Waals surface area contributed by atoms with Crippen LogP contribution in [0.2, 0.25) is 0 Å². The molecule has 0 saturated carbocycles. The molecule has 23 heavy (non-hydrogen) atoms. The van der Waals surface area contributed by atoms with E-state index in [9.17, 15) is 4.79 Å². The molecule has 1 fully saturated rings. The second-order valence-corrected chi connectivity index (χ2v) is 6.52. The summed E-state index contributed by atoms with van der Waals surface area (Å²) in [7, 11) is 5.48. The molecule has 1 atom stereocenters. The molecule has 0 unspecified atom stereocenters. The number of hydrogen-bond donors (Lipinski definition) is 0. The molecule has 0 N–H and O–H groups in total. The van der Waals surface area contributed by atoms with Crippen molar-refractivity contribution in [3.05, 3.63) is 17.5 Å². The number of methoxy groups -OCH3 is 1. The van der Waals surface area contributed by atoms with Crippen LogP contribution < -0.4 is 4.90 Å². The minimum Gasteiger partial charge on any atom is -0.384 e. The lowest BCUT2D eigenvalue weighted by Crippen LogP contribution is -2.42. The van der Waals surface area contributed by atoms with Crippen molar-refractivity contribution in [2.45, 2.75) is 24.9 Å². The molecule has 7 heteroatoms. The van der Waals surface area contributed by atoms with Crippen LogP contribution in [0.1, 0.15) is 24.1 Å². The molecule has 1 aromatic rings. The molecule has 1 amide bonds. The van der Waals surface area contributed by atoms with Crippen LogP contribution in [-0.2, 0) is 26.3 Å². The third kappa shape index (κ3) is 3.03. The number of rotatable bonds is 4. The quantitative estimate of drug-likeness (QED) is 0.808. The molecule has 126 valence electrons. The van der Waals surface area contributed by atoms with Gasteiger partial charge in [-0.2, -0.15) is 0 Å². The first kappa shape index (κ1) is 16.1. The number of carbonyl (C=O) groups excluding carboxylic acids is 1. The fraction of sp³-hybridized carbons (Fsp3) is 0.688. The monoisotopic (exact) mass is 320 g/mol. The topological polar surface area (TPSA) is 67.8 Å². The van der Waals surface area contributed by atoms with Crippen LogP contribution in [0.5, 0.6) is 0 Å². The molecule has 3 rings (SSSR count). The van der Waals surface area contributed by atoms with E-state index >= 15 is 0 Å². The molecular weight excluding hydrogens is 296 g/mol. The number of hydrogen-bond acceptors (Lipinski definition) is 6. The first-order valence-corrected chi connectivity index (χ1v) is 7.94. The van der Waals surface area contributed by atoms with Crippen LogP contribution in [0.3, 0.4) is 0 Å². The number of ether oxygens (including phenoxy) is 2. The minimum absolute atomic E-state index is 0.137. The van der Waals surface area contributed by atoms with Gasteiger partial charge in [-0.3, -0.25) is 4.79 Å². The van der Waals surface area contributed by atoms with E-state index in [1.807, 2.05) is 30.1 Å². The molecule has 0 radical (unpaired) electrons. The second kappa shape index (κ2) is 6.41. The number of fused-ring (bicyclic) bond motifs is 2. The predicted molar refractivity (Wildman–Crippen MR) is 85.4 cm³/mol. The molecule has 0 bridgehead atoms. The van der Waals surface area contributed by atoms with E-state index in [1.54, 1.807) is 7.11 Å². The van der Waals surface area contributed by atoms with Crippen LogP contribution in [0.25, 0.3) is 0 Å². The number of amides is 1. The molecule has 0 aliphatic carbocycles. The zero-order valence-corrected chi connectivity index (χ0v) is 14.0. The van der Waals surface area contributed by atoms with E-state index in [0.717, 1.165) is 24.2 Å². The van der Waals surface area contributed by atoms with Crippen molar-refractivity contribution in [2.24, 2.45) is 0 Å². The van der Waals surface area contributed by atoms with Crippen molar-refractivity contribution < 1.29 is 14.3 Å². The molecule has 3 heterocycles. The van der Waals surface area contributed by atoms with Gasteiger partial charge in [0.25, 0.3) is 0 Å². The highest BCUT2D eigenvalue weighted by Gasteiger charge is 2.46. The van der Waals surface area contributed by atoms with Crippen molar-refractivity contribution in [3.8, 4) is 0 Å². The van der Waals surface area contributed by atoms with Crippen LogP contribution in [0.15, 0.2) is 6.20 Å². The van der Waals surface area contributed by atoms with Gasteiger partial charge in [-0.05, 0) is 6.42 Å². The van der Waals surface area contributed by atoms with Crippen molar-refractivity contribution in [2.75, 3.05) is 52.4 Å². The zero-order chi connectivity index (χ0) is 16.4. The SMILES string of the molecule is COCCC(=O)N1CC[C@@]2(COCc3cnc(N(C)C)nc32)C1. The van der Waals surface area contributed by atoms with Gasteiger partial charge >= 0.3 is 0 Å². The number of nitrogens with zero attached hydrogens (tertiary/aromatic N) is 4. The highest BCUT2D eigenvalue weighted by atomic mass is 16.5. The molecule has 1 aromatic heterocycles. The number of anilines is 1. The Bertz CT molecular complexity index is 593. The highest BCUT2D eigenvalue weighted by Crippen LogP contribution is 2.39. The fourth-order valence-corrected chi connectivity index (χ4v) is 3.35. The Labute approximate surface area is 136 Å². The average molecular weight is 320 g/mol. The van der Waals surface area contributed by atoms with E-state index < -0.39 is 0 Å². The molecule has 1 saturated heterocycles. The molecule has 2 aliphatic rings. The highest BCUT2D eigenvalue weighted by molar-refractivity contribution is 5.77. The van der Waals surface area contributed by atoms with Gasteiger partial charge in [0.2, 0.25) is 11.9 Å². The lowest BCUT2D eigenvalue weighted by atomic mass is 9.80. The Hall–Kier alpha value is -1.73. The summed E-state index contributed by atoms with van der Waals surface area (Å²) in [5.74, 6) is 0.840. The summed E-state index contributed by atoms with van der Waals surface area (Å²) in [6.45, 7) is 3.02. The molecule has 1 spiro atoms. The molecule has 0 aromatic carbocycles. The molecular formula is C16H24N4O3. The van der Waals surface area contributed by atoms with Crippen LogP contribution in [-0.4, -0.2) is 68.3 Å². The first-order valence-electron chi connectivity index (χ1n) is 7.94. The number of likely N-dealkylation sites (tertiary alicyclic amines) is 1. The van der Waals surface area contributed by atoms with Gasteiger partial charge in [0.1, 0.15) is 0 Å². The first-order chi connectivity index (χ1) is 11.1. The maximum Gasteiger partial charge on any atom is 0.225 e. The zero-order valence-electron chi connectivity index (χ0n) is 14.0. The van der Waals surface area contributed by atoms with E-state index in [2.05, 4.69) is 4.98 Å². The van der Waals surface area contributed by atoms with Gasteiger partial charge in [0.05, 0.1) is 37.4 Å². The average Bonchev–Trinajstić information content (AvgIpc) is 2.97. The summed E-state index contributed by atoms with van der Waals surface area (Å²) in [5.41, 5.74) is 1.88. The van der Waals surface area contributed by atoms with Gasteiger partial charge in [-0.25, -0.2) is 9.97 Å². The lowest BCUT2D eigenvalue weighted by molar-refractivity contribution is -0.131. The fourth-order valence-electron chi connectivity index (χ4n) is 3.35. The van der Waals surface area contributed by atoms with Crippen molar-refractivity contribution >= 4 is 11.9 Å². The molecule has 7 nitrogen and oxygen atoms in total. The number of aromatic nitrogens is 2. The normalized spacial score (nSPS) is 23.2. The smallest absolute Gasteiger partial charge is 0.225 e. The Morgan fingerprint density at radius 3 is 3.09 bits per heavy atom. The van der Waals surface area contributed by atoms with Crippen molar-refractivity contribution in [3.63, 3.8) is 0 Å². The molecule has 2 aliphatic heterocycles. The van der Waals surface area contributed by atoms with Gasteiger partial charge in [0.15, 0.2) is 0 Å². The van der Waals surface area contributed by atoms with E-state index in [0.29, 0.717) is 38.7 Å². The summed E-state index contributed by atoms with van der Waals surface area (Å²) in [6, 6.07) is 0. The summed E-state index contributed by atoms with van der Waals surface area (Å²) in [4.78, 5) is 25.3. The lowest BCUT2D eigenvalue weighted by Gasteiger charge is -2.34. The van der Waals surface area contributed by atoms with Crippen molar-refractivity contribution in [1.29, 1.82) is 0 Å². The van der Waals surface area contributed by atoms with Crippen LogP contribution >= 0.6 is 0 Å². The third-order valence-electron chi connectivity index (χ3n) is 4.62. The largest absolute Gasteiger partial charge is 0.384 e. The van der Waals surface area contributed by atoms with Crippen LogP contribution in [0, 0.1) is 0 Å². The van der Waals surface area contributed by atoms with Crippen molar-refractivity contribution in [1.82, 2.24) is 14.9 Å². The number of carbonyl (C=O) groups is 1. The summed E-state index contributed by atoms with van der Waals surface area (Å²) in [6.07, 6.45) is 3.16. The van der Waals surface area contributed by atoms with E-state index in [-0.39, 0.29) is 11.3 Å². The van der Waals surface area contributed by atoms with Gasteiger partial charge in [0, 0.05) is 46.1 Å². The Morgan fingerprint density at radius 1 is 1.52 bits per heavy atom. The predicted octanol–water partition coefficient (Wildman–Crippen LogP) is 0.579. The minimum atomic E-state index is -0.204. The maximum absolute atomic E-state index is 12.3. The Morgan fingerprint density at radius 2 is 2.35 bits per heavy atom. The Kier molecular flexibility index (Phi) is 4.50. The van der Waals surface area contributed by atoms with Crippen LogP contribution in [0.4, 0.5) is 5.95 Å². The standard InChI is InChI=1S/C16H24N4O3/c1-19(2)15-17-8-12-9-23-11-16(14(12)18-15)5-6-20(10-16)13(21)4-7-22-3/h8H,4-7,9-11H2,1-3H3/t16-/m0/s1. The Balaban J connectivity index is 1.85. The van der Waals surface area contributed by atoms with Gasteiger partial charge < -0.3 is 19.3 Å².